The Morgan fingerprint density at radius 3 is 2.77 bits per heavy atom. The average molecular weight is 347 g/mol. The fourth-order valence-electron chi connectivity index (χ4n) is 2.37. The smallest absolute Gasteiger partial charge is 0.253 e. The molecular formula is C14H19ClN2O4S. The summed E-state index contributed by atoms with van der Waals surface area (Å²) >= 11 is 5.91. The van der Waals surface area contributed by atoms with Crippen molar-refractivity contribution in [1.82, 2.24) is 5.32 Å². The van der Waals surface area contributed by atoms with E-state index in [4.69, 9.17) is 16.3 Å². The van der Waals surface area contributed by atoms with Gasteiger partial charge in [0.1, 0.15) is 0 Å². The lowest BCUT2D eigenvalue weighted by Crippen LogP contribution is -2.41. The number of carbonyl (C=O) groups excluding carboxylic acids is 1. The van der Waals surface area contributed by atoms with E-state index in [2.05, 4.69) is 10.0 Å². The molecule has 8 heteroatoms. The molecule has 0 spiro atoms. The van der Waals surface area contributed by atoms with Gasteiger partial charge in [-0.25, -0.2) is 8.42 Å². The van der Waals surface area contributed by atoms with Crippen LogP contribution in [-0.2, 0) is 14.8 Å². The first-order chi connectivity index (χ1) is 10.3. The summed E-state index contributed by atoms with van der Waals surface area (Å²) in [7, 11) is -3.49. The van der Waals surface area contributed by atoms with Crippen LogP contribution >= 0.6 is 11.6 Å². The van der Waals surface area contributed by atoms with Crippen molar-refractivity contribution in [2.75, 3.05) is 17.6 Å². The Morgan fingerprint density at radius 2 is 2.18 bits per heavy atom. The molecule has 0 unspecified atom stereocenters. The second kappa shape index (κ2) is 6.85. The maximum atomic E-state index is 12.4. The lowest BCUT2D eigenvalue weighted by molar-refractivity contribution is 0.0713. The molecule has 1 saturated heterocycles. The van der Waals surface area contributed by atoms with Crippen molar-refractivity contribution in [2.24, 2.45) is 0 Å². The summed E-state index contributed by atoms with van der Waals surface area (Å²) in [5, 5.41) is 3.19. The van der Waals surface area contributed by atoms with E-state index in [0.717, 1.165) is 19.1 Å². The molecule has 122 valence electrons. The summed E-state index contributed by atoms with van der Waals surface area (Å²) in [6.45, 7) is 2.56. The molecular weight excluding hydrogens is 328 g/mol. The third kappa shape index (κ3) is 4.59. The zero-order chi connectivity index (χ0) is 16.3. The number of sulfonamides is 1. The third-order valence-corrected chi connectivity index (χ3v) is 4.23. The van der Waals surface area contributed by atoms with Crippen LogP contribution in [0.3, 0.4) is 0 Å². The maximum Gasteiger partial charge on any atom is 0.253 e. The minimum Gasteiger partial charge on any atom is -0.376 e. The fraction of sp³-hybridized carbons (Fsp3) is 0.500. The van der Waals surface area contributed by atoms with Crippen LogP contribution in [0.4, 0.5) is 5.69 Å². The Morgan fingerprint density at radius 1 is 1.45 bits per heavy atom. The number of benzene rings is 1. The van der Waals surface area contributed by atoms with Gasteiger partial charge in [-0.3, -0.25) is 9.52 Å². The van der Waals surface area contributed by atoms with Crippen molar-refractivity contribution in [3.63, 3.8) is 0 Å². The summed E-state index contributed by atoms with van der Waals surface area (Å²) in [4.78, 5) is 12.4. The van der Waals surface area contributed by atoms with Crippen molar-refractivity contribution >= 4 is 33.2 Å². The topological polar surface area (TPSA) is 84.5 Å². The number of amides is 1. The second-order valence-corrected chi connectivity index (χ2v) is 7.56. The third-order valence-electron chi connectivity index (χ3n) is 3.40. The minimum absolute atomic E-state index is 0.0190. The molecule has 2 atom stereocenters. The Balaban J connectivity index is 2.18. The number of halogens is 1. The Kier molecular flexibility index (Phi) is 5.31. The van der Waals surface area contributed by atoms with Crippen molar-refractivity contribution < 1.29 is 17.9 Å². The summed E-state index contributed by atoms with van der Waals surface area (Å²) in [5.41, 5.74) is 0.381. The van der Waals surface area contributed by atoms with Crippen LogP contribution in [0.5, 0.6) is 0 Å². The molecule has 6 nitrogen and oxygen atoms in total. The predicted octanol–water partition coefficient (Wildman–Crippen LogP) is 2.01. The molecule has 0 aromatic heterocycles. The normalized spacial score (nSPS) is 19.7. The monoisotopic (exact) mass is 346 g/mol. The highest BCUT2D eigenvalue weighted by Gasteiger charge is 2.25. The lowest BCUT2D eigenvalue weighted by Gasteiger charge is -2.21. The van der Waals surface area contributed by atoms with Gasteiger partial charge in [0.25, 0.3) is 5.91 Å². The van der Waals surface area contributed by atoms with Gasteiger partial charge < -0.3 is 10.1 Å². The molecule has 1 aliphatic rings. The van der Waals surface area contributed by atoms with E-state index in [1.807, 2.05) is 6.92 Å². The number of carbonyl (C=O) groups is 1. The molecule has 1 aromatic rings. The maximum absolute atomic E-state index is 12.4. The molecule has 1 aromatic carbocycles. The first-order valence-corrected chi connectivity index (χ1v) is 9.23. The summed E-state index contributed by atoms with van der Waals surface area (Å²) in [6, 6.07) is 4.26. The zero-order valence-electron chi connectivity index (χ0n) is 12.4. The Bertz CT molecular complexity index is 657. The number of nitrogens with one attached hydrogen (secondary N) is 2. The van der Waals surface area contributed by atoms with E-state index in [1.54, 1.807) is 0 Å². The molecule has 1 amide bonds. The first-order valence-electron chi connectivity index (χ1n) is 6.96. The van der Waals surface area contributed by atoms with E-state index in [-0.39, 0.29) is 23.4 Å². The van der Waals surface area contributed by atoms with Crippen LogP contribution in [0.15, 0.2) is 18.2 Å². The van der Waals surface area contributed by atoms with Gasteiger partial charge in [-0.2, -0.15) is 0 Å². The van der Waals surface area contributed by atoms with Crippen molar-refractivity contribution in [3.05, 3.63) is 28.8 Å². The van der Waals surface area contributed by atoms with Crippen LogP contribution in [0, 0.1) is 0 Å². The highest BCUT2D eigenvalue weighted by Crippen LogP contribution is 2.22. The van der Waals surface area contributed by atoms with Gasteiger partial charge in [0, 0.05) is 11.6 Å². The van der Waals surface area contributed by atoms with E-state index in [1.165, 1.54) is 18.2 Å². The average Bonchev–Trinajstić information content (AvgIpc) is 2.93. The Hall–Kier alpha value is -1.31. The number of hydrogen-bond acceptors (Lipinski definition) is 4. The van der Waals surface area contributed by atoms with Crippen molar-refractivity contribution in [2.45, 2.75) is 31.9 Å². The van der Waals surface area contributed by atoms with Gasteiger partial charge in [-0.1, -0.05) is 11.6 Å². The fourth-order valence-corrected chi connectivity index (χ4v) is 3.12. The summed E-state index contributed by atoms with van der Waals surface area (Å²) in [5.74, 6) is -0.392. The molecule has 22 heavy (non-hydrogen) atoms. The highest BCUT2D eigenvalue weighted by atomic mass is 35.5. The molecule has 0 aliphatic carbocycles. The largest absolute Gasteiger partial charge is 0.376 e. The van der Waals surface area contributed by atoms with Gasteiger partial charge >= 0.3 is 0 Å². The van der Waals surface area contributed by atoms with Gasteiger partial charge in [-0.15, -0.1) is 0 Å². The number of rotatable bonds is 5. The van der Waals surface area contributed by atoms with Crippen LogP contribution in [0.2, 0.25) is 5.02 Å². The summed E-state index contributed by atoms with van der Waals surface area (Å²) in [6.07, 6.45) is 2.88. The standard InChI is InChI=1S/C14H19ClN2O4S/c1-9(13-4-3-7-21-13)16-14(18)11-8-10(15)5-6-12(11)17-22(2,19)20/h5-6,8-9,13,17H,3-4,7H2,1-2H3,(H,16,18)/t9-,13+/m1/s1. The van der Waals surface area contributed by atoms with Crippen LogP contribution < -0.4 is 10.0 Å². The number of ether oxygens (including phenoxy) is 1. The van der Waals surface area contributed by atoms with E-state index < -0.39 is 15.9 Å². The molecule has 1 aliphatic heterocycles. The Labute approximate surface area is 135 Å². The molecule has 0 bridgehead atoms. The quantitative estimate of drug-likeness (QED) is 0.854. The van der Waals surface area contributed by atoms with Gasteiger partial charge in [-0.05, 0) is 38.0 Å². The predicted molar refractivity (Wildman–Crippen MR) is 85.8 cm³/mol. The molecule has 1 fully saturated rings. The van der Waals surface area contributed by atoms with E-state index in [9.17, 15) is 13.2 Å². The number of hydrogen-bond donors (Lipinski definition) is 2. The molecule has 2 N–H and O–H groups in total. The molecule has 1 heterocycles. The molecule has 0 radical (unpaired) electrons. The highest BCUT2D eigenvalue weighted by molar-refractivity contribution is 7.92. The second-order valence-electron chi connectivity index (χ2n) is 5.38. The van der Waals surface area contributed by atoms with Crippen LogP contribution in [0.1, 0.15) is 30.1 Å². The molecule has 2 rings (SSSR count). The minimum atomic E-state index is -3.49. The van der Waals surface area contributed by atoms with Crippen molar-refractivity contribution in [1.29, 1.82) is 0 Å². The van der Waals surface area contributed by atoms with Gasteiger partial charge in [0.15, 0.2) is 0 Å². The van der Waals surface area contributed by atoms with E-state index in [0.29, 0.717) is 11.6 Å². The SMILES string of the molecule is C[C@@H](NC(=O)c1cc(Cl)ccc1NS(C)(=O)=O)[C@@H]1CCCO1. The number of anilines is 1. The molecule has 0 saturated carbocycles. The summed E-state index contributed by atoms with van der Waals surface area (Å²) < 4.78 is 30.6. The van der Waals surface area contributed by atoms with Gasteiger partial charge in [0.2, 0.25) is 10.0 Å². The van der Waals surface area contributed by atoms with Crippen LogP contribution in [0.25, 0.3) is 0 Å². The lowest BCUT2D eigenvalue weighted by atomic mass is 10.1. The van der Waals surface area contributed by atoms with Crippen LogP contribution in [-0.4, -0.2) is 39.3 Å². The van der Waals surface area contributed by atoms with Gasteiger partial charge in [0.05, 0.1) is 29.7 Å². The van der Waals surface area contributed by atoms with Crippen molar-refractivity contribution in [3.8, 4) is 0 Å². The first kappa shape index (κ1) is 17.1. The zero-order valence-corrected chi connectivity index (χ0v) is 14.0. The van der Waals surface area contributed by atoms with E-state index >= 15 is 0 Å².